The van der Waals surface area contributed by atoms with Crippen LogP contribution in [0.2, 0.25) is 0 Å². The molecule has 5 nitrogen and oxygen atoms in total. The summed E-state index contributed by atoms with van der Waals surface area (Å²) in [6.45, 7) is 1.81. The summed E-state index contributed by atoms with van der Waals surface area (Å²) in [7, 11) is 0. The van der Waals surface area contributed by atoms with Crippen molar-refractivity contribution in [3.05, 3.63) is 51.4 Å². The molecule has 92 valence electrons. The molecule has 0 bridgehead atoms. The summed E-state index contributed by atoms with van der Waals surface area (Å²) >= 11 is 0. The van der Waals surface area contributed by atoms with Gasteiger partial charge in [-0.15, -0.1) is 0 Å². The van der Waals surface area contributed by atoms with Crippen molar-refractivity contribution in [3.63, 3.8) is 0 Å². The average Bonchev–Trinajstić information content (AvgIpc) is 2.37. The Balaban J connectivity index is 2.63. The normalized spacial score (nSPS) is 10.7. The Bertz CT molecular complexity index is 974. The van der Waals surface area contributed by atoms with Crippen molar-refractivity contribution < 1.29 is 8.83 Å². The first-order valence-electron chi connectivity index (χ1n) is 5.56. The molecule has 0 aliphatic rings. The van der Waals surface area contributed by atoms with Gasteiger partial charge in [-0.3, -0.25) is 5.41 Å². The zero-order valence-electron chi connectivity index (χ0n) is 9.98. The first-order valence-corrected chi connectivity index (χ1v) is 5.56. The van der Waals surface area contributed by atoms with E-state index in [0.29, 0.717) is 16.6 Å². The van der Waals surface area contributed by atoms with Gasteiger partial charge < -0.3 is 8.83 Å². The van der Waals surface area contributed by atoms with E-state index in [1.807, 2.05) is 13.0 Å². The Hall–Kier alpha value is -2.87. The highest BCUT2D eigenvalue weighted by atomic mass is 16.4. The number of hydrogen-bond donors (Lipinski definition) is 1. The fourth-order valence-electron chi connectivity index (χ4n) is 2.07. The molecule has 1 N–H and O–H groups in total. The second-order valence-corrected chi connectivity index (χ2v) is 4.20. The summed E-state index contributed by atoms with van der Waals surface area (Å²) in [4.78, 5) is 11.5. The van der Waals surface area contributed by atoms with Gasteiger partial charge in [0.2, 0.25) is 5.55 Å². The third-order valence-corrected chi connectivity index (χ3v) is 2.98. The van der Waals surface area contributed by atoms with E-state index in [-0.39, 0.29) is 11.1 Å². The summed E-state index contributed by atoms with van der Waals surface area (Å²) in [6.07, 6.45) is 0. The minimum Gasteiger partial charge on any atom is -0.437 e. The number of nitrogens with one attached hydrogen (secondary N) is 1. The van der Waals surface area contributed by atoms with Crippen LogP contribution in [0.5, 0.6) is 0 Å². The largest absolute Gasteiger partial charge is 0.437 e. The minimum atomic E-state index is -0.453. The van der Waals surface area contributed by atoms with Crippen molar-refractivity contribution in [2.24, 2.45) is 0 Å². The Morgan fingerprint density at radius 1 is 1.21 bits per heavy atom. The second kappa shape index (κ2) is 3.82. The molecule has 1 aromatic carbocycles. The molecule has 5 heteroatoms. The smallest absolute Gasteiger partial charge is 0.336 e. The fraction of sp³-hybridized carbons (Fsp3) is 0.0714. The molecule has 0 atom stereocenters. The fourth-order valence-corrected chi connectivity index (χ4v) is 2.07. The van der Waals surface area contributed by atoms with E-state index in [9.17, 15) is 4.79 Å². The highest BCUT2D eigenvalue weighted by Crippen LogP contribution is 2.25. The van der Waals surface area contributed by atoms with Gasteiger partial charge in [0.25, 0.3) is 0 Å². The van der Waals surface area contributed by atoms with E-state index in [2.05, 4.69) is 0 Å². The maximum absolute atomic E-state index is 11.5. The first-order chi connectivity index (χ1) is 9.10. The molecule has 2 aromatic heterocycles. The number of rotatable bonds is 0. The Labute approximate surface area is 106 Å². The van der Waals surface area contributed by atoms with Crippen molar-refractivity contribution in [1.29, 1.82) is 10.7 Å². The van der Waals surface area contributed by atoms with E-state index in [1.54, 1.807) is 12.1 Å². The van der Waals surface area contributed by atoms with Gasteiger partial charge in [-0.2, -0.15) is 5.26 Å². The molecule has 0 radical (unpaired) electrons. The van der Waals surface area contributed by atoms with Crippen molar-refractivity contribution in [3.8, 4) is 6.07 Å². The molecule has 0 spiro atoms. The van der Waals surface area contributed by atoms with Crippen LogP contribution in [0.4, 0.5) is 0 Å². The molecule has 0 fully saturated rings. The topological polar surface area (TPSA) is 91.0 Å². The monoisotopic (exact) mass is 252 g/mol. The quantitative estimate of drug-likeness (QED) is 0.490. The van der Waals surface area contributed by atoms with Crippen LogP contribution >= 0.6 is 0 Å². The van der Waals surface area contributed by atoms with Crippen molar-refractivity contribution in [2.75, 3.05) is 0 Å². The molecule has 3 aromatic rings. The number of nitrogens with zero attached hydrogens (tertiary/aromatic N) is 1. The number of aryl methyl sites for hydroxylation is 1. The van der Waals surface area contributed by atoms with E-state index < -0.39 is 5.63 Å². The van der Waals surface area contributed by atoms with Crippen LogP contribution in [0, 0.1) is 23.7 Å². The van der Waals surface area contributed by atoms with E-state index in [1.165, 1.54) is 12.1 Å². The van der Waals surface area contributed by atoms with Crippen LogP contribution in [0.1, 0.15) is 11.1 Å². The van der Waals surface area contributed by atoms with Gasteiger partial charge in [0, 0.05) is 11.5 Å². The summed E-state index contributed by atoms with van der Waals surface area (Å²) in [5, 5.41) is 17.8. The highest BCUT2D eigenvalue weighted by molar-refractivity contribution is 6.02. The highest BCUT2D eigenvalue weighted by Gasteiger charge is 2.10. The predicted octanol–water partition coefficient (Wildman–Crippen LogP) is 2.20. The van der Waals surface area contributed by atoms with E-state index in [0.717, 1.165) is 10.9 Å². The second-order valence-electron chi connectivity index (χ2n) is 4.20. The van der Waals surface area contributed by atoms with Crippen molar-refractivity contribution >= 4 is 21.9 Å². The molecule has 0 aliphatic carbocycles. The number of fused-ring (bicyclic) bond motifs is 3. The zero-order chi connectivity index (χ0) is 13.6. The summed E-state index contributed by atoms with van der Waals surface area (Å²) < 4.78 is 10.5. The minimum absolute atomic E-state index is 0.101. The van der Waals surface area contributed by atoms with Gasteiger partial charge >= 0.3 is 5.63 Å². The lowest BCUT2D eigenvalue weighted by Crippen LogP contribution is -2.04. The van der Waals surface area contributed by atoms with Crippen molar-refractivity contribution in [1.82, 2.24) is 0 Å². The maximum atomic E-state index is 11.5. The average molecular weight is 252 g/mol. The lowest BCUT2D eigenvalue weighted by Gasteiger charge is -2.04. The lowest BCUT2D eigenvalue weighted by molar-refractivity contribution is 0.528. The third-order valence-electron chi connectivity index (χ3n) is 2.98. The van der Waals surface area contributed by atoms with Gasteiger partial charge in [-0.25, -0.2) is 4.79 Å². The predicted molar refractivity (Wildman–Crippen MR) is 67.6 cm³/mol. The third kappa shape index (κ3) is 1.62. The SMILES string of the molecule is Cc1cc(=O)oc2c1ccc1oc(=N)c(C#N)cc12. The van der Waals surface area contributed by atoms with Crippen LogP contribution in [-0.4, -0.2) is 0 Å². The van der Waals surface area contributed by atoms with Crippen LogP contribution in [0.3, 0.4) is 0 Å². The molecular formula is C14H8N2O3. The molecule has 0 aliphatic heterocycles. The van der Waals surface area contributed by atoms with E-state index in [4.69, 9.17) is 19.5 Å². The molecule has 2 heterocycles. The summed E-state index contributed by atoms with van der Waals surface area (Å²) in [5.74, 6) is 0. The van der Waals surface area contributed by atoms with Crippen LogP contribution in [0.25, 0.3) is 21.9 Å². The van der Waals surface area contributed by atoms with Crippen molar-refractivity contribution in [2.45, 2.75) is 6.92 Å². The summed E-state index contributed by atoms with van der Waals surface area (Å²) in [5.41, 5.74) is 1.02. The number of nitriles is 1. The Morgan fingerprint density at radius 3 is 2.74 bits per heavy atom. The maximum Gasteiger partial charge on any atom is 0.336 e. The van der Waals surface area contributed by atoms with Gasteiger partial charge in [-0.05, 0) is 30.7 Å². The molecule has 0 saturated heterocycles. The van der Waals surface area contributed by atoms with Gasteiger partial charge in [0.15, 0.2) is 0 Å². The Kier molecular flexibility index (Phi) is 2.26. The number of benzene rings is 1. The molecule has 3 rings (SSSR count). The van der Waals surface area contributed by atoms with Gasteiger partial charge in [0.05, 0.1) is 5.39 Å². The standard InChI is InChI=1S/C14H8N2O3/c1-7-4-12(17)19-13-9(7)2-3-11-10(13)5-8(6-15)14(16)18-11/h2-5,16H,1H3. The van der Waals surface area contributed by atoms with E-state index >= 15 is 0 Å². The molecule has 0 amide bonds. The molecule has 0 saturated carbocycles. The first kappa shape index (κ1) is 11.2. The van der Waals surface area contributed by atoms with Crippen LogP contribution in [-0.2, 0) is 0 Å². The van der Waals surface area contributed by atoms with Gasteiger partial charge in [0.1, 0.15) is 22.8 Å². The summed E-state index contributed by atoms with van der Waals surface area (Å²) in [6, 6.07) is 8.27. The molecular weight excluding hydrogens is 244 g/mol. The van der Waals surface area contributed by atoms with Crippen LogP contribution in [0.15, 0.2) is 37.9 Å². The number of hydrogen-bond acceptors (Lipinski definition) is 5. The Morgan fingerprint density at radius 2 is 2.00 bits per heavy atom. The zero-order valence-corrected chi connectivity index (χ0v) is 9.98. The molecule has 19 heavy (non-hydrogen) atoms. The van der Waals surface area contributed by atoms with Gasteiger partial charge in [-0.1, -0.05) is 0 Å². The van der Waals surface area contributed by atoms with Crippen LogP contribution < -0.4 is 11.2 Å². The molecule has 0 unspecified atom stereocenters. The lowest BCUT2D eigenvalue weighted by atomic mass is 10.1.